The average molecular weight is 210 g/mol. The zero-order valence-corrected chi connectivity index (χ0v) is 11.1. The average Bonchev–Trinajstić information content (AvgIpc) is 2.25. The number of hydrogen-bond acceptors (Lipinski definition) is 0. The molecule has 0 aliphatic carbocycles. The van der Waals surface area contributed by atoms with Crippen LogP contribution in [0.25, 0.3) is 0 Å². The van der Waals surface area contributed by atoms with Crippen LogP contribution in [-0.4, -0.2) is 0 Å². The van der Waals surface area contributed by atoms with E-state index in [1.165, 1.54) is 51.4 Å². The summed E-state index contributed by atoms with van der Waals surface area (Å²) in [7, 11) is 0. The molecule has 90 valence electrons. The Balaban J connectivity index is 4.01. The molecule has 0 aliphatic rings. The monoisotopic (exact) mass is 210 g/mol. The maximum Gasteiger partial charge on any atom is -0.0208 e. The van der Waals surface area contributed by atoms with Crippen LogP contribution >= 0.6 is 0 Å². The van der Waals surface area contributed by atoms with Crippen molar-refractivity contribution >= 4 is 0 Å². The highest BCUT2D eigenvalue weighted by molar-refractivity contribution is 4.84. The van der Waals surface area contributed by atoms with Gasteiger partial charge >= 0.3 is 0 Å². The normalized spacial score (nSPS) is 14.9. The molecule has 0 radical (unpaired) electrons. The molecular weight excluding hydrogens is 180 g/mol. The Bertz CT molecular complexity index is 137. The van der Waals surface area contributed by atoms with E-state index in [-0.39, 0.29) is 0 Å². The number of allylic oxidation sites excluding steroid dienone is 1. The summed E-state index contributed by atoms with van der Waals surface area (Å²) < 4.78 is 0. The van der Waals surface area contributed by atoms with Gasteiger partial charge in [-0.05, 0) is 24.7 Å². The van der Waals surface area contributed by atoms with E-state index in [0.29, 0.717) is 0 Å². The van der Waals surface area contributed by atoms with Gasteiger partial charge in [-0.2, -0.15) is 0 Å². The molecule has 2 atom stereocenters. The minimum absolute atomic E-state index is 0.770. The van der Waals surface area contributed by atoms with Gasteiger partial charge in [0.25, 0.3) is 0 Å². The first kappa shape index (κ1) is 14.7. The first-order chi connectivity index (χ1) is 7.29. The van der Waals surface area contributed by atoms with Crippen LogP contribution in [0.1, 0.15) is 72.1 Å². The zero-order valence-electron chi connectivity index (χ0n) is 11.1. The van der Waals surface area contributed by atoms with Crippen molar-refractivity contribution in [3.8, 4) is 0 Å². The quantitative estimate of drug-likeness (QED) is 0.326. The van der Waals surface area contributed by atoms with E-state index in [2.05, 4.69) is 33.4 Å². The molecule has 0 heterocycles. The topological polar surface area (TPSA) is 0 Å². The van der Waals surface area contributed by atoms with Gasteiger partial charge in [0.15, 0.2) is 0 Å². The van der Waals surface area contributed by atoms with Gasteiger partial charge in [0.2, 0.25) is 0 Å². The highest BCUT2D eigenvalue weighted by Gasteiger charge is 2.16. The fourth-order valence-electron chi connectivity index (χ4n) is 2.48. The fraction of sp³-hybridized carbons (Fsp3) is 0.867. The number of hydrogen-bond donors (Lipinski definition) is 0. The second-order valence-electron chi connectivity index (χ2n) is 4.73. The van der Waals surface area contributed by atoms with Crippen molar-refractivity contribution < 1.29 is 0 Å². The first-order valence-corrected chi connectivity index (χ1v) is 6.92. The third-order valence-electron chi connectivity index (χ3n) is 3.37. The van der Waals surface area contributed by atoms with Crippen LogP contribution in [0.15, 0.2) is 12.7 Å². The van der Waals surface area contributed by atoms with E-state index >= 15 is 0 Å². The van der Waals surface area contributed by atoms with Gasteiger partial charge in [-0.25, -0.2) is 0 Å². The lowest BCUT2D eigenvalue weighted by molar-refractivity contribution is 0.315. The fourth-order valence-corrected chi connectivity index (χ4v) is 2.48. The Morgan fingerprint density at radius 2 is 1.53 bits per heavy atom. The van der Waals surface area contributed by atoms with Crippen molar-refractivity contribution in [2.24, 2.45) is 11.8 Å². The van der Waals surface area contributed by atoms with E-state index in [4.69, 9.17) is 0 Å². The van der Waals surface area contributed by atoms with Crippen molar-refractivity contribution in [1.29, 1.82) is 0 Å². The van der Waals surface area contributed by atoms with Crippen molar-refractivity contribution in [3.63, 3.8) is 0 Å². The lowest BCUT2D eigenvalue weighted by atomic mass is 9.82. The Hall–Kier alpha value is -0.260. The third kappa shape index (κ3) is 6.76. The molecule has 0 fully saturated rings. The summed E-state index contributed by atoms with van der Waals surface area (Å²) in [5.74, 6) is 1.67. The first-order valence-electron chi connectivity index (χ1n) is 6.92. The molecule has 0 aromatic carbocycles. The van der Waals surface area contributed by atoms with Crippen LogP contribution in [-0.2, 0) is 0 Å². The van der Waals surface area contributed by atoms with E-state index in [1.54, 1.807) is 0 Å². The molecule has 0 aromatic rings. The Morgan fingerprint density at radius 3 is 2.00 bits per heavy atom. The molecule has 0 heteroatoms. The molecule has 0 nitrogen and oxygen atoms in total. The Kier molecular flexibility index (Phi) is 10.1. The molecule has 0 bridgehead atoms. The van der Waals surface area contributed by atoms with Gasteiger partial charge < -0.3 is 0 Å². The van der Waals surface area contributed by atoms with E-state index in [9.17, 15) is 0 Å². The molecule has 0 aromatic heterocycles. The lowest BCUT2D eigenvalue weighted by Gasteiger charge is -2.24. The van der Waals surface area contributed by atoms with Crippen LogP contribution in [0.5, 0.6) is 0 Å². The molecule has 2 unspecified atom stereocenters. The zero-order chi connectivity index (χ0) is 11.5. The summed E-state index contributed by atoms with van der Waals surface area (Å²) >= 11 is 0. The molecule has 0 rings (SSSR count). The predicted octanol–water partition coefficient (Wildman–Crippen LogP) is 5.59. The third-order valence-corrected chi connectivity index (χ3v) is 3.37. The Morgan fingerprint density at radius 1 is 0.867 bits per heavy atom. The maximum absolute atomic E-state index is 4.01. The smallest absolute Gasteiger partial charge is 0.0208 e. The van der Waals surface area contributed by atoms with Gasteiger partial charge in [-0.15, -0.1) is 6.58 Å². The van der Waals surface area contributed by atoms with Crippen molar-refractivity contribution in [3.05, 3.63) is 12.7 Å². The van der Waals surface area contributed by atoms with E-state index in [1.807, 2.05) is 0 Å². The highest BCUT2D eigenvalue weighted by Crippen LogP contribution is 2.28. The summed E-state index contributed by atoms with van der Waals surface area (Å²) in [6.45, 7) is 10.9. The second-order valence-corrected chi connectivity index (χ2v) is 4.73. The number of rotatable bonds is 10. The van der Waals surface area contributed by atoms with Crippen molar-refractivity contribution in [1.82, 2.24) is 0 Å². The standard InChI is InChI=1S/C15H30/c1-5-9-10-13-15(12-7-3)14(8-4)11-6-2/h8,14-15H,4-7,9-13H2,1-3H3. The molecule has 15 heavy (non-hydrogen) atoms. The van der Waals surface area contributed by atoms with Crippen LogP contribution in [0.4, 0.5) is 0 Å². The molecule has 0 spiro atoms. The summed E-state index contributed by atoms with van der Waals surface area (Å²) in [6, 6.07) is 0. The summed E-state index contributed by atoms with van der Waals surface area (Å²) in [5.41, 5.74) is 0. The minimum atomic E-state index is 0.770. The second kappa shape index (κ2) is 10.3. The van der Waals surface area contributed by atoms with Gasteiger partial charge in [-0.3, -0.25) is 0 Å². The van der Waals surface area contributed by atoms with Crippen LogP contribution in [0, 0.1) is 11.8 Å². The van der Waals surface area contributed by atoms with Crippen molar-refractivity contribution in [2.45, 2.75) is 72.1 Å². The maximum atomic E-state index is 4.01. The van der Waals surface area contributed by atoms with Crippen molar-refractivity contribution in [2.75, 3.05) is 0 Å². The van der Waals surface area contributed by atoms with Crippen LogP contribution < -0.4 is 0 Å². The predicted molar refractivity (Wildman–Crippen MR) is 71.1 cm³/mol. The molecule has 0 N–H and O–H groups in total. The van der Waals surface area contributed by atoms with Gasteiger partial charge in [-0.1, -0.05) is 65.4 Å². The van der Waals surface area contributed by atoms with Gasteiger partial charge in [0.1, 0.15) is 0 Å². The van der Waals surface area contributed by atoms with E-state index < -0.39 is 0 Å². The molecule has 0 amide bonds. The molecule has 0 aliphatic heterocycles. The molecular formula is C15H30. The van der Waals surface area contributed by atoms with E-state index in [0.717, 1.165) is 11.8 Å². The molecule has 0 saturated carbocycles. The van der Waals surface area contributed by atoms with Crippen LogP contribution in [0.2, 0.25) is 0 Å². The Labute approximate surface area is 97.2 Å². The highest BCUT2D eigenvalue weighted by atomic mass is 14.2. The number of unbranched alkanes of at least 4 members (excludes halogenated alkanes) is 2. The lowest BCUT2D eigenvalue weighted by Crippen LogP contribution is -2.12. The largest absolute Gasteiger partial charge is 0.103 e. The van der Waals surface area contributed by atoms with Gasteiger partial charge in [0.05, 0.1) is 0 Å². The SMILES string of the molecule is C=CC(CCC)C(CCC)CCCCC. The summed E-state index contributed by atoms with van der Waals surface area (Å²) in [6.07, 6.45) is 13.1. The minimum Gasteiger partial charge on any atom is -0.103 e. The van der Waals surface area contributed by atoms with Gasteiger partial charge in [0, 0.05) is 0 Å². The summed E-state index contributed by atoms with van der Waals surface area (Å²) in [4.78, 5) is 0. The summed E-state index contributed by atoms with van der Waals surface area (Å²) in [5, 5.41) is 0. The van der Waals surface area contributed by atoms with Crippen LogP contribution in [0.3, 0.4) is 0 Å². The molecule has 0 saturated heterocycles.